The Morgan fingerprint density at radius 2 is 1.57 bits per heavy atom. The number of hydrogen-bond donors (Lipinski definition) is 0. The third kappa shape index (κ3) is 4.44. The zero-order valence-electron chi connectivity index (χ0n) is 19.5. The number of nitro benzene ring substituents is 1. The summed E-state index contributed by atoms with van der Waals surface area (Å²) in [5.41, 5.74) is 0.0366. The summed E-state index contributed by atoms with van der Waals surface area (Å²) in [5, 5.41) is 23.2. The van der Waals surface area contributed by atoms with Gasteiger partial charge in [0.1, 0.15) is 6.04 Å². The molecule has 5 rings (SSSR count). The van der Waals surface area contributed by atoms with Gasteiger partial charge >= 0.3 is 0 Å². The molecule has 188 valence electrons. The van der Waals surface area contributed by atoms with Crippen molar-refractivity contribution < 1.29 is 24.4 Å². The molecule has 3 aromatic rings. The zero-order chi connectivity index (χ0) is 26.1. The molecule has 0 bridgehead atoms. The highest BCUT2D eigenvalue weighted by Crippen LogP contribution is 2.29. The smallest absolute Gasteiger partial charge is 0.262 e. The Kier molecular flexibility index (Phi) is 6.22. The van der Waals surface area contributed by atoms with Crippen molar-refractivity contribution in [3.8, 4) is 5.75 Å². The Bertz CT molecular complexity index is 1350. The van der Waals surface area contributed by atoms with Crippen LogP contribution in [0.4, 0.5) is 11.6 Å². The van der Waals surface area contributed by atoms with Crippen molar-refractivity contribution in [3.05, 3.63) is 87.7 Å². The summed E-state index contributed by atoms with van der Waals surface area (Å²) < 4.78 is 0. The van der Waals surface area contributed by atoms with Crippen LogP contribution in [0.25, 0.3) is 0 Å². The number of fused-ring (bicyclic) bond motifs is 1. The van der Waals surface area contributed by atoms with Crippen molar-refractivity contribution in [3.63, 3.8) is 0 Å². The fourth-order valence-electron chi connectivity index (χ4n) is 4.63. The number of carbonyl (C=O) groups excluding carboxylic acids is 3. The zero-order valence-corrected chi connectivity index (χ0v) is 19.5. The number of nitrogens with zero attached hydrogens (tertiary/aromatic N) is 6. The number of aromatic nitrogens is 2. The summed E-state index contributed by atoms with van der Waals surface area (Å²) in [5.74, 6) is -1.90. The van der Waals surface area contributed by atoms with Gasteiger partial charge in [0.25, 0.3) is 17.5 Å². The Morgan fingerprint density at radius 1 is 0.946 bits per heavy atom. The van der Waals surface area contributed by atoms with Crippen LogP contribution in [0.15, 0.2) is 60.9 Å². The molecule has 1 atom stereocenters. The van der Waals surface area contributed by atoms with E-state index in [1.165, 1.54) is 18.2 Å². The first-order chi connectivity index (χ1) is 17.8. The molecule has 0 spiro atoms. The van der Waals surface area contributed by atoms with Gasteiger partial charge in [0.05, 0.1) is 16.1 Å². The van der Waals surface area contributed by atoms with Crippen LogP contribution < -0.4 is 10.0 Å². The Morgan fingerprint density at radius 3 is 2.16 bits per heavy atom. The molecule has 0 aliphatic carbocycles. The number of hydrogen-bond acceptors (Lipinski definition) is 9. The number of anilines is 1. The lowest BCUT2D eigenvalue weighted by Crippen LogP contribution is -2.57. The predicted octanol–water partition coefficient (Wildman–Crippen LogP) is 1.01. The molecule has 2 aliphatic heterocycles. The van der Waals surface area contributed by atoms with Crippen molar-refractivity contribution in [2.75, 3.05) is 31.1 Å². The molecule has 2 aromatic carbocycles. The molecule has 0 unspecified atom stereocenters. The summed E-state index contributed by atoms with van der Waals surface area (Å²) in [6.45, 7) is 1.49. The molecule has 3 heterocycles. The molecule has 1 saturated heterocycles. The largest absolute Gasteiger partial charge is 0.868 e. The molecule has 0 saturated carbocycles. The fraction of sp³-hybridized carbons (Fsp3) is 0.240. The number of carbonyl (C=O) groups is 3. The molecular weight excluding hydrogens is 480 g/mol. The molecule has 1 fully saturated rings. The van der Waals surface area contributed by atoms with E-state index >= 15 is 0 Å². The molecule has 2 aliphatic rings. The van der Waals surface area contributed by atoms with Crippen molar-refractivity contribution >= 4 is 29.4 Å². The normalized spacial score (nSPS) is 16.1. The fourth-order valence-corrected chi connectivity index (χ4v) is 4.63. The van der Waals surface area contributed by atoms with Crippen LogP contribution in [0.1, 0.15) is 26.3 Å². The van der Waals surface area contributed by atoms with E-state index in [0.717, 1.165) is 17.0 Å². The summed E-state index contributed by atoms with van der Waals surface area (Å²) in [4.78, 5) is 63.7. The van der Waals surface area contributed by atoms with Crippen LogP contribution in [0.3, 0.4) is 0 Å². The lowest BCUT2D eigenvalue weighted by Gasteiger charge is -2.37. The quantitative estimate of drug-likeness (QED) is 0.274. The molecule has 37 heavy (non-hydrogen) atoms. The maximum Gasteiger partial charge on any atom is 0.262 e. The standard InChI is InChI=1S/C25H22N6O6/c32-21-7-6-16(14-19(21)31(36)37)15-20(30-22(33)17-4-1-2-5-18(17)23(30)34)24(35)28-10-12-29(13-11-28)25-26-8-3-9-27-25/h1-9,14,20,32H,10-13,15H2/p-1/t20-/m1/s1. The average Bonchev–Trinajstić information content (AvgIpc) is 3.18. The van der Waals surface area contributed by atoms with Crippen molar-refractivity contribution in [1.82, 2.24) is 19.8 Å². The number of amides is 3. The molecule has 0 N–H and O–H groups in total. The van der Waals surface area contributed by atoms with Gasteiger partial charge in [-0.25, -0.2) is 9.97 Å². The molecule has 12 heteroatoms. The summed E-state index contributed by atoms with van der Waals surface area (Å²) in [6, 6.07) is 10.3. The van der Waals surface area contributed by atoms with Gasteiger partial charge in [-0.2, -0.15) is 0 Å². The highest BCUT2D eigenvalue weighted by Gasteiger charge is 2.44. The van der Waals surface area contributed by atoms with Crippen molar-refractivity contribution in [2.45, 2.75) is 12.5 Å². The lowest BCUT2D eigenvalue weighted by molar-refractivity contribution is -0.398. The molecule has 0 radical (unpaired) electrons. The van der Waals surface area contributed by atoms with Gasteiger partial charge in [-0.05, 0) is 29.5 Å². The maximum absolute atomic E-state index is 13.8. The first-order valence-corrected chi connectivity index (χ1v) is 11.6. The summed E-state index contributed by atoms with van der Waals surface area (Å²) in [6.07, 6.45) is 3.09. The van der Waals surface area contributed by atoms with Crippen molar-refractivity contribution in [1.29, 1.82) is 0 Å². The van der Waals surface area contributed by atoms with E-state index < -0.39 is 40.1 Å². The summed E-state index contributed by atoms with van der Waals surface area (Å²) >= 11 is 0. The number of piperazine rings is 1. The lowest BCUT2D eigenvalue weighted by atomic mass is 10.0. The maximum atomic E-state index is 13.8. The van der Waals surface area contributed by atoms with Gasteiger partial charge in [-0.15, -0.1) is 0 Å². The third-order valence-electron chi connectivity index (χ3n) is 6.50. The van der Waals surface area contributed by atoms with Crippen molar-refractivity contribution in [2.24, 2.45) is 0 Å². The minimum atomic E-state index is -1.25. The monoisotopic (exact) mass is 501 g/mol. The average molecular weight is 501 g/mol. The molecular formula is C25H21N6O6-. The molecule has 1 aromatic heterocycles. The van der Waals surface area contributed by atoms with E-state index in [-0.39, 0.29) is 23.1 Å². The predicted molar refractivity (Wildman–Crippen MR) is 128 cm³/mol. The summed E-state index contributed by atoms with van der Waals surface area (Å²) in [7, 11) is 0. The van der Waals surface area contributed by atoms with E-state index in [1.807, 2.05) is 4.90 Å². The first kappa shape index (κ1) is 23.9. The third-order valence-corrected chi connectivity index (χ3v) is 6.50. The van der Waals surface area contributed by atoms with Gasteiger partial charge in [0.2, 0.25) is 11.9 Å². The highest BCUT2D eigenvalue weighted by molar-refractivity contribution is 6.22. The second-order valence-electron chi connectivity index (χ2n) is 8.67. The SMILES string of the molecule is O=C([C@@H](Cc1ccc([O-])c([N+](=O)[O-])c1)N1C(=O)c2ccccc2C1=O)N1CCN(c2ncccn2)CC1. The minimum absolute atomic E-state index is 0.173. The topological polar surface area (TPSA) is 153 Å². The van der Waals surface area contributed by atoms with Crippen LogP contribution in [-0.4, -0.2) is 74.6 Å². The second kappa shape index (κ2) is 9.64. The van der Waals surface area contributed by atoms with Crippen LogP contribution in [0.5, 0.6) is 5.75 Å². The van der Waals surface area contributed by atoms with Gasteiger partial charge in [0.15, 0.2) is 0 Å². The van der Waals surface area contributed by atoms with Gasteiger partial charge in [-0.3, -0.25) is 29.4 Å². The van der Waals surface area contributed by atoms with Gasteiger partial charge in [-0.1, -0.05) is 24.3 Å². The van der Waals surface area contributed by atoms with Gasteiger partial charge in [0, 0.05) is 51.1 Å². The second-order valence-corrected chi connectivity index (χ2v) is 8.67. The highest BCUT2D eigenvalue weighted by atomic mass is 16.6. The Hall–Kier alpha value is -4.87. The van der Waals surface area contributed by atoms with Crippen LogP contribution in [0, 0.1) is 10.1 Å². The molecule has 3 amide bonds. The molecule has 12 nitrogen and oxygen atoms in total. The van der Waals surface area contributed by atoms with E-state index in [1.54, 1.807) is 35.5 Å². The van der Waals surface area contributed by atoms with E-state index in [2.05, 4.69) is 9.97 Å². The number of imide groups is 1. The number of benzene rings is 2. The van der Waals surface area contributed by atoms with Crippen LogP contribution in [-0.2, 0) is 11.2 Å². The number of nitro groups is 1. The van der Waals surface area contributed by atoms with Crippen LogP contribution >= 0.6 is 0 Å². The van der Waals surface area contributed by atoms with E-state index in [9.17, 15) is 29.6 Å². The van der Waals surface area contributed by atoms with E-state index in [0.29, 0.717) is 32.1 Å². The van der Waals surface area contributed by atoms with E-state index in [4.69, 9.17) is 0 Å². The van der Waals surface area contributed by atoms with Crippen LogP contribution in [0.2, 0.25) is 0 Å². The number of rotatable bonds is 6. The minimum Gasteiger partial charge on any atom is -0.868 e. The Balaban J connectivity index is 1.43. The van der Waals surface area contributed by atoms with Gasteiger partial charge < -0.3 is 14.9 Å². The Labute approximate surface area is 210 Å². The first-order valence-electron chi connectivity index (χ1n) is 11.6.